The summed E-state index contributed by atoms with van der Waals surface area (Å²) in [7, 11) is 0. The van der Waals surface area contributed by atoms with Gasteiger partial charge in [0.05, 0.1) is 11.0 Å². The van der Waals surface area contributed by atoms with Crippen LogP contribution in [-0.2, 0) is 24.1 Å². The topological polar surface area (TPSA) is 74.0 Å². The van der Waals surface area contributed by atoms with E-state index >= 15 is 0 Å². The Morgan fingerprint density at radius 2 is 1.97 bits per heavy atom. The van der Waals surface area contributed by atoms with Gasteiger partial charge in [-0.05, 0) is 56.9 Å². The lowest BCUT2D eigenvalue weighted by molar-refractivity contribution is 0.101. The van der Waals surface area contributed by atoms with Crippen LogP contribution in [0.3, 0.4) is 0 Å². The third-order valence-corrected chi connectivity index (χ3v) is 5.98. The number of aryl methyl sites for hydroxylation is 1. The number of aromatic nitrogens is 4. The molecule has 0 saturated heterocycles. The molecule has 4 aromatic rings. The van der Waals surface area contributed by atoms with Crippen LogP contribution in [0.25, 0.3) is 16.7 Å². The van der Waals surface area contributed by atoms with E-state index in [0.717, 1.165) is 48.0 Å². The van der Waals surface area contributed by atoms with Gasteiger partial charge < -0.3 is 9.30 Å². The van der Waals surface area contributed by atoms with Crippen LogP contribution in [0.2, 0.25) is 0 Å². The number of halogens is 1. The van der Waals surface area contributed by atoms with E-state index in [2.05, 4.69) is 15.4 Å². The fourth-order valence-electron chi connectivity index (χ4n) is 4.47. The first kappa shape index (κ1) is 21.3. The molecule has 0 saturated carbocycles. The Kier molecular flexibility index (Phi) is 5.92. The molecule has 2 heterocycles. The maximum atomic E-state index is 14.5. The summed E-state index contributed by atoms with van der Waals surface area (Å²) >= 11 is 0. The van der Waals surface area contributed by atoms with Gasteiger partial charge >= 0.3 is 0 Å². The maximum Gasteiger partial charge on any atom is 0.278 e. The normalized spacial score (nSPS) is 12.9. The summed E-state index contributed by atoms with van der Waals surface area (Å²) in [5.74, 6) is -0.216. The molecular weight excluding hydrogens is 421 g/mol. The molecule has 0 spiro atoms. The third-order valence-electron chi connectivity index (χ3n) is 5.98. The molecule has 170 valence electrons. The maximum absolute atomic E-state index is 14.5. The highest BCUT2D eigenvalue weighted by molar-refractivity contribution is 6.04. The molecule has 0 bridgehead atoms. The Morgan fingerprint density at radius 1 is 1.15 bits per heavy atom. The fourth-order valence-corrected chi connectivity index (χ4v) is 4.47. The zero-order valence-electron chi connectivity index (χ0n) is 18.6. The van der Waals surface area contributed by atoms with E-state index in [1.165, 1.54) is 6.07 Å². The van der Waals surface area contributed by atoms with Gasteiger partial charge in [0.2, 0.25) is 5.95 Å². The number of imidazole rings is 1. The van der Waals surface area contributed by atoms with Gasteiger partial charge in [-0.25, -0.2) is 14.1 Å². The van der Waals surface area contributed by atoms with Crippen molar-refractivity contribution >= 4 is 22.9 Å². The predicted octanol–water partition coefficient (Wildman–Crippen LogP) is 4.53. The second-order valence-corrected chi connectivity index (χ2v) is 8.07. The Morgan fingerprint density at radius 3 is 2.82 bits per heavy atom. The van der Waals surface area contributed by atoms with Crippen molar-refractivity contribution in [2.75, 3.05) is 18.5 Å². The van der Waals surface area contributed by atoms with Crippen LogP contribution in [0.1, 0.15) is 41.5 Å². The van der Waals surface area contributed by atoms with Crippen molar-refractivity contribution in [3.05, 3.63) is 71.3 Å². The van der Waals surface area contributed by atoms with Crippen LogP contribution in [0, 0.1) is 5.82 Å². The SMILES string of the molecule is CCOCCCn1c(NC(=O)c2nn(-c3ccccc3F)c3c2CCC3)nc2ccccc21. The molecule has 2 aromatic heterocycles. The predicted molar refractivity (Wildman–Crippen MR) is 124 cm³/mol. The van der Waals surface area contributed by atoms with E-state index in [1.807, 2.05) is 35.8 Å². The van der Waals surface area contributed by atoms with E-state index in [1.54, 1.807) is 22.9 Å². The number of nitrogens with zero attached hydrogens (tertiary/aromatic N) is 4. The molecule has 0 unspecified atom stereocenters. The van der Waals surface area contributed by atoms with E-state index in [4.69, 9.17) is 4.74 Å². The van der Waals surface area contributed by atoms with Gasteiger partial charge in [0.25, 0.3) is 5.91 Å². The van der Waals surface area contributed by atoms with Gasteiger partial charge in [-0.3, -0.25) is 10.1 Å². The number of anilines is 1. The lowest BCUT2D eigenvalue weighted by Gasteiger charge is -2.10. The van der Waals surface area contributed by atoms with E-state index in [-0.39, 0.29) is 11.7 Å². The van der Waals surface area contributed by atoms with Crippen LogP contribution in [0.4, 0.5) is 10.3 Å². The molecule has 7 nitrogen and oxygen atoms in total. The molecular formula is C25H26FN5O2. The number of benzene rings is 2. The van der Waals surface area contributed by atoms with Gasteiger partial charge in [-0.15, -0.1) is 0 Å². The number of ether oxygens (including phenoxy) is 1. The monoisotopic (exact) mass is 447 g/mol. The van der Waals surface area contributed by atoms with Gasteiger partial charge in [0.1, 0.15) is 11.5 Å². The van der Waals surface area contributed by atoms with Gasteiger partial charge in [0, 0.05) is 31.0 Å². The second kappa shape index (κ2) is 9.15. The molecule has 2 aromatic carbocycles. The molecule has 1 aliphatic rings. The number of para-hydroxylation sites is 3. The lowest BCUT2D eigenvalue weighted by atomic mass is 10.2. The van der Waals surface area contributed by atoms with Crippen LogP contribution in [0.15, 0.2) is 48.5 Å². The molecule has 0 fully saturated rings. The Bertz CT molecular complexity index is 1310. The molecule has 0 radical (unpaired) electrons. The third kappa shape index (κ3) is 4.02. The molecule has 5 rings (SSSR count). The number of carbonyl (C=O) groups is 1. The van der Waals surface area contributed by atoms with Crippen LogP contribution in [-0.4, -0.2) is 38.5 Å². The first-order valence-electron chi connectivity index (χ1n) is 11.4. The van der Waals surface area contributed by atoms with E-state index < -0.39 is 0 Å². The van der Waals surface area contributed by atoms with Crippen molar-refractivity contribution in [1.82, 2.24) is 19.3 Å². The van der Waals surface area contributed by atoms with Crippen molar-refractivity contribution in [1.29, 1.82) is 0 Å². The highest BCUT2D eigenvalue weighted by Gasteiger charge is 2.28. The molecule has 1 N–H and O–H groups in total. The zero-order chi connectivity index (χ0) is 22.8. The number of amides is 1. The number of hydrogen-bond donors (Lipinski definition) is 1. The minimum Gasteiger partial charge on any atom is -0.382 e. The van der Waals surface area contributed by atoms with Crippen molar-refractivity contribution in [3.63, 3.8) is 0 Å². The summed E-state index contributed by atoms with van der Waals surface area (Å²) in [6.45, 7) is 3.94. The molecule has 0 atom stereocenters. The van der Waals surface area contributed by atoms with Gasteiger partial charge in [0.15, 0.2) is 5.69 Å². The molecule has 1 amide bonds. The number of nitrogens with one attached hydrogen (secondary N) is 1. The number of fused-ring (bicyclic) bond motifs is 2. The number of rotatable bonds is 8. The highest BCUT2D eigenvalue weighted by atomic mass is 19.1. The number of carbonyl (C=O) groups excluding carboxylic acids is 1. The summed E-state index contributed by atoms with van der Waals surface area (Å²) in [5, 5.41) is 7.51. The molecule has 0 aliphatic heterocycles. The summed E-state index contributed by atoms with van der Waals surface area (Å²) in [6.07, 6.45) is 3.23. The smallest absolute Gasteiger partial charge is 0.278 e. The largest absolute Gasteiger partial charge is 0.382 e. The Balaban J connectivity index is 1.47. The van der Waals surface area contributed by atoms with Crippen molar-refractivity contribution in [2.24, 2.45) is 0 Å². The van der Waals surface area contributed by atoms with Gasteiger partial charge in [-0.1, -0.05) is 24.3 Å². The average molecular weight is 448 g/mol. The average Bonchev–Trinajstić information content (AvgIpc) is 3.51. The van der Waals surface area contributed by atoms with Crippen LogP contribution in [0.5, 0.6) is 0 Å². The number of hydrogen-bond acceptors (Lipinski definition) is 4. The van der Waals surface area contributed by atoms with Crippen molar-refractivity contribution < 1.29 is 13.9 Å². The molecule has 33 heavy (non-hydrogen) atoms. The first-order valence-corrected chi connectivity index (χ1v) is 11.4. The summed E-state index contributed by atoms with van der Waals surface area (Å²) in [5.41, 5.74) is 4.24. The minimum absolute atomic E-state index is 0.329. The lowest BCUT2D eigenvalue weighted by Crippen LogP contribution is -2.18. The van der Waals surface area contributed by atoms with Crippen molar-refractivity contribution in [2.45, 2.75) is 39.2 Å². The highest BCUT2D eigenvalue weighted by Crippen LogP contribution is 2.29. The standard InChI is InChI=1S/C25H26FN5O2/c1-2-33-16-8-15-30-22-13-6-4-11-19(22)27-25(30)28-24(32)23-17-9-7-14-20(17)31(29-23)21-12-5-3-10-18(21)26/h3-6,10-13H,2,7-9,14-16H2,1H3,(H,27,28,32). The Labute approximate surface area is 191 Å². The Hall–Kier alpha value is -3.52. The quantitative estimate of drug-likeness (QED) is 0.403. The van der Waals surface area contributed by atoms with Gasteiger partial charge in [-0.2, -0.15) is 5.10 Å². The van der Waals surface area contributed by atoms with E-state index in [9.17, 15) is 9.18 Å². The molecule has 1 aliphatic carbocycles. The fraction of sp³-hybridized carbons (Fsp3) is 0.320. The van der Waals surface area contributed by atoms with Crippen LogP contribution < -0.4 is 5.32 Å². The van der Waals surface area contributed by atoms with E-state index in [0.29, 0.717) is 37.1 Å². The minimum atomic E-state index is -0.363. The van der Waals surface area contributed by atoms with Crippen LogP contribution >= 0.6 is 0 Å². The molecule has 8 heteroatoms. The van der Waals surface area contributed by atoms with Crippen molar-refractivity contribution in [3.8, 4) is 5.69 Å². The summed E-state index contributed by atoms with van der Waals surface area (Å²) in [6, 6.07) is 14.3. The summed E-state index contributed by atoms with van der Waals surface area (Å²) < 4.78 is 23.5. The zero-order valence-corrected chi connectivity index (χ0v) is 18.6. The summed E-state index contributed by atoms with van der Waals surface area (Å²) in [4.78, 5) is 18.0. The second-order valence-electron chi connectivity index (χ2n) is 8.07. The first-order chi connectivity index (χ1) is 16.2.